The van der Waals surface area contributed by atoms with Gasteiger partial charge in [-0.05, 0) is 63.0 Å². The highest BCUT2D eigenvalue weighted by molar-refractivity contribution is 5.70. The number of ether oxygens (including phenoxy) is 2. The number of carbonyl (C=O) groups is 2. The van der Waals surface area contributed by atoms with Gasteiger partial charge in [0.1, 0.15) is 12.4 Å². The molecule has 2 saturated carbocycles. The van der Waals surface area contributed by atoms with Gasteiger partial charge < -0.3 is 30.2 Å². The smallest absolute Gasteiger partial charge is 0.410 e. The van der Waals surface area contributed by atoms with Gasteiger partial charge in [0.25, 0.3) is 0 Å². The van der Waals surface area contributed by atoms with E-state index in [1.807, 2.05) is 6.92 Å². The van der Waals surface area contributed by atoms with Gasteiger partial charge in [0.2, 0.25) is 0 Å². The number of hydrazine groups is 1. The number of hydrogen-bond donors (Lipinski definition) is 3. The number of pyridine rings is 1. The van der Waals surface area contributed by atoms with Gasteiger partial charge in [-0.15, -0.1) is 0 Å². The van der Waals surface area contributed by atoms with Crippen molar-refractivity contribution in [1.29, 1.82) is 0 Å². The molecule has 2 aliphatic rings. The molecule has 194 valence electrons. The maximum absolute atomic E-state index is 12.5. The number of aromatic nitrogens is 1. The van der Waals surface area contributed by atoms with Crippen LogP contribution in [-0.2, 0) is 9.53 Å². The minimum Gasteiger partial charge on any atom is -0.489 e. The zero-order chi connectivity index (χ0) is 25.9. The van der Waals surface area contributed by atoms with E-state index in [-0.39, 0.29) is 30.1 Å². The van der Waals surface area contributed by atoms with E-state index in [0.717, 1.165) is 25.7 Å². The molecule has 0 unspecified atom stereocenters. The second-order valence-corrected chi connectivity index (χ2v) is 10.6. The summed E-state index contributed by atoms with van der Waals surface area (Å²) in [4.78, 5) is 30.1. The van der Waals surface area contributed by atoms with Gasteiger partial charge in [0.05, 0.1) is 34.8 Å². The fourth-order valence-corrected chi connectivity index (χ4v) is 4.87. The van der Waals surface area contributed by atoms with Crippen LogP contribution in [0.3, 0.4) is 0 Å². The maximum Gasteiger partial charge on any atom is 0.410 e. The molecule has 1 heterocycles. The van der Waals surface area contributed by atoms with E-state index >= 15 is 0 Å². The Morgan fingerprint density at radius 2 is 1.91 bits per heavy atom. The molecule has 0 spiro atoms. The summed E-state index contributed by atoms with van der Waals surface area (Å²) in [5.41, 5.74) is 8.47. The van der Waals surface area contributed by atoms with Crippen molar-refractivity contribution in [2.24, 2.45) is 22.9 Å². The first-order valence-corrected chi connectivity index (χ1v) is 12.1. The Labute approximate surface area is 207 Å². The molecule has 3 rings (SSSR count). The van der Waals surface area contributed by atoms with Crippen molar-refractivity contribution >= 4 is 17.8 Å². The van der Waals surface area contributed by atoms with Crippen LogP contribution in [0, 0.1) is 18.3 Å². The summed E-state index contributed by atoms with van der Waals surface area (Å²) in [6, 6.07) is 3.68. The van der Waals surface area contributed by atoms with Crippen molar-refractivity contribution in [2.45, 2.75) is 71.4 Å². The summed E-state index contributed by atoms with van der Waals surface area (Å²) >= 11 is 0. The normalized spacial score (nSPS) is 22.5. The molecule has 2 fully saturated rings. The second kappa shape index (κ2) is 10.7. The van der Waals surface area contributed by atoms with E-state index < -0.39 is 12.1 Å². The molecular formula is C25H39N5O5. The Kier molecular flexibility index (Phi) is 8.15. The minimum atomic E-state index is -0.775. The lowest BCUT2D eigenvalue weighted by Crippen LogP contribution is -2.49. The van der Waals surface area contributed by atoms with Crippen LogP contribution in [0.1, 0.15) is 63.8 Å². The molecule has 1 aromatic heterocycles. The Morgan fingerprint density at radius 1 is 1.23 bits per heavy atom. The number of aryl methyl sites for hydroxylation is 1. The van der Waals surface area contributed by atoms with Gasteiger partial charge in [-0.3, -0.25) is 4.79 Å². The number of hydrogen-bond acceptors (Lipinski definition) is 8. The molecule has 0 radical (unpaired) electrons. The Hall–Kier alpha value is -3.01. The Bertz CT molecular complexity index is 969. The molecule has 2 atom stereocenters. The van der Waals surface area contributed by atoms with E-state index in [9.17, 15) is 14.7 Å². The topological polar surface area (TPSA) is 144 Å². The average Bonchev–Trinajstić information content (AvgIpc) is 2.78. The van der Waals surface area contributed by atoms with Crippen molar-refractivity contribution in [3.8, 4) is 5.75 Å². The standard InChI is InChI=1S/C25H39N5O5/c1-15-21(35-18-8-6-7-16(11-18)23(31)32)10-9-19(28-15)22(26)20(30(5)27)14-34-24(33)29(4)17-12-25(2,3)13-17/h9-10,16-18H,6-8,11-14,26-27H2,1-5H3,(H,31,32)/b22-20-/t16-,18+/m1/s1. The lowest BCUT2D eigenvalue weighted by molar-refractivity contribution is -0.143. The first-order chi connectivity index (χ1) is 16.4. The average molecular weight is 490 g/mol. The number of nitrogens with zero attached hydrogens (tertiary/aromatic N) is 3. The van der Waals surface area contributed by atoms with Crippen LogP contribution < -0.4 is 16.3 Å². The molecule has 10 nitrogen and oxygen atoms in total. The van der Waals surface area contributed by atoms with E-state index in [4.69, 9.17) is 21.1 Å². The number of rotatable bonds is 8. The fourth-order valence-electron chi connectivity index (χ4n) is 4.87. The highest BCUT2D eigenvalue weighted by Crippen LogP contribution is 2.42. The zero-order valence-corrected chi connectivity index (χ0v) is 21.4. The Morgan fingerprint density at radius 3 is 2.49 bits per heavy atom. The zero-order valence-electron chi connectivity index (χ0n) is 21.4. The van der Waals surface area contributed by atoms with Crippen LogP contribution in [-0.4, -0.2) is 64.9 Å². The lowest BCUT2D eigenvalue weighted by atomic mass is 9.68. The molecule has 10 heteroatoms. The van der Waals surface area contributed by atoms with Crippen LogP contribution in [0.5, 0.6) is 5.75 Å². The minimum absolute atomic E-state index is 0.0876. The van der Waals surface area contributed by atoms with Gasteiger partial charge in [-0.2, -0.15) is 0 Å². The maximum atomic E-state index is 12.5. The van der Waals surface area contributed by atoms with Crippen molar-refractivity contribution in [3.05, 3.63) is 29.2 Å². The third-order valence-corrected chi connectivity index (χ3v) is 7.06. The molecule has 0 saturated heterocycles. The van der Waals surface area contributed by atoms with Crippen LogP contribution in [0.25, 0.3) is 5.70 Å². The molecule has 35 heavy (non-hydrogen) atoms. The molecule has 1 aromatic rings. The first-order valence-electron chi connectivity index (χ1n) is 12.1. The monoisotopic (exact) mass is 489 g/mol. The molecule has 5 N–H and O–H groups in total. The summed E-state index contributed by atoms with van der Waals surface area (Å²) in [6.07, 6.45) is 4.10. The summed E-state index contributed by atoms with van der Waals surface area (Å²) in [6.45, 7) is 6.09. The van der Waals surface area contributed by atoms with Gasteiger partial charge in [-0.1, -0.05) is 13.8 Å². The van der Waals surface area contributed by atoms with Crippen molar-refractivity contribution in [1.82, 2.24) is 14.9 Å². The van der Waals surface area contributed by atoms with E-state index in [0.29, 0.717) is 41.4 Å². The van der Waals surface area contributed by atoms with Crippen LogP contribution in [0.4, 0.5) is 4.79 Å². The molecule has 1 amide bonds. The van der Waals surface area contributed by atoms with E-state index in [1.165, 1.54) is 5.01 Å². The summed E-state index contributed by atoms with van der Waals surface area (Å²) < 4.78 is 11.6. The van der Waals surface area contributed by atoms with Crippen LogP contribution in [0.2, 0.25) is 0 Å². The lowest BCUT2D eigenvalue weighted by Gasteiger charge is -2.46. The van der Waals surface area contributed by atoms with Gasteiger partial charge >= 0.3 is 12.1 Å². The predicted octanol–water partition coefficient (Wildman–Crippen LogP) is 3.10. The third kappa shape index (κ3) is 6.56. The summed E-state index contributed by atoms with van der Waals surface area (Å²) in [5.74, 6) is 5.43. The SMILES string of the molecule is Cc1nc(/C(N)=C(\COC(=O)N(C)C2CC(C)(C)C2)N(C)N)ccc1O[C@H]1CCC[C@@H](C(=O)O)C1. The summed E-state index contributed by atoms with van der Waals surface area (Å²) in [7, 11) is 3.37. The quantitative estimate of drug-likeness (QED) is 0.370. The second-order valence-electron chi connectivity index (χ2n) is 10.6. The third-order valence-electron chi connectivity index (χ3n) is 7.06. The number of amides is 1. The Balaban J connectivity index is 1.66. The number of carbonyl (C=O) groups excluding carboxylic acids is 1. The first kappa shape index (κ1) is 26.6. The molecule has 0 aliphatic heterocycles. The predicted molar refractivity (Wildman–Crippen MR) is 132 cm³/mol. The number of carboxylic acid groups (broad SMARTS) is 1. The van der Waals surface area contributed by atoms with E-state index in [2.05, 4.69) is 18.8 Å². The van der Waals surface area contributed by atoms with E-state index in [1.54, 1.807) is 31.1 Å². The summed E-state index contributed by atoms with van der Waals surface area (Å²) in [5, 5.41) is 10.6. The molecule has 0 aromatic carbocycles. The fraction of sp³-hybridized carbons (Fsp3) is 0.640. The highest BCUT2D eigenvalue weighted by atomic mass is 16.6. The van der Waals surface area contributed by atoms with Crippen molar-refractivity contribution in [2.75, 3.05) is 20.7 Å². The molecular weight excluding hydrogens is 450 g/mol. The number of carboxylic acids is 1. The van der Waals surface area contributed by atoms with Crippen LogP contribution >= 0.6 is 0 Å². The molecule has 2 aliphatic carbocycles. The molecule has 0 bridgehead atoms. The van der Waals surface area contributed by atoms with Crippen molar-refractivity contribution in [3.63, 3.8) is 0 Å². The van der Waals surface area contributed by atoms with Gasteiger partial charge in [0.15, 0.2) is 0 Å². The number of aliphatic carboxylic acids is 1. The van der Waals surface area contributed by atoms with Crippen molar-refractivity contribution < 1.29 is 24.2 Å². The number of likely N-dealkylation sites (N-methyl/N-ethyl adjacent to an activating group) is 1. The van der Waals surface area contributed by atoms with Gasteiger partial charge in [0, 0.05) is 20.1 Å². The largest absolute Gasteiger partial charge is 0.489 e. The van der Waals surface area contributed by atoms with Crippen LogP contribution in [0.15, 0.2) is 17.8 Å². The van der Waals surface area contributed by atoms with Gasteiger partial charge in [-0.25, -0.2) is 15.6 Å². The highest BCUT2D eigenvalue weighted by Gasteiger charge is 2.40. The number of nitrogens with two attached hydrogens (primary N) is 2.